The van der Waals surface area contributed by atoms with Gasteiger partial charge in [0.2, 0.25) is 0 Å². The van der Waals surface area contributed by atoms with Crippen molar-refractivity contribution in [3.05, 3.63) is 18.0 Å². The van der Waals surface area contributed by atoms with Gasteiger partial charge in [-0.1, -0.05) is 25.7 Å². The van der Waals surface area contributed by atoms with Gasteiger partial charge in [-0.25, -0.2) is 4.79 Å². The predicted molar refractivity (Wildman–Crippen MR) is 87.7 cm³/mol. The van der Waals surface area contributed by atoms with Crippen molar-refractivity contribution >= 4 is 11.9 Å². The van der Waals surface area contributed by atoms with E-state index < -0.39 is 12.0 Å². The summed E-state index contributed by atoms with van der Waals surface area (Å²) in [7, 11) is 0. The molecule has 0 spiro atoms. The number of carboxylic acid groups (broad SMARTS) is 1. The molecule has 3 aliphatic rings. The van der Waals surface area contributed by atoms with E-state index in [4.69, 9.17) is 0 Å². The molecule has 6 heteroatoms. The topological polar surface area (TPSA) is 75.4 Å². The molecule has 0 radical (unpaired) electrons. The zero-order valence-electron chi connectivity index (χ0n) is 13.9. The molecule has 1 aromatic heterocycles. The Labute approximate surface area is 141 Å². The third-order valence-electron chi connectivity index (χ3n) is 6.13. The quantitative estimate of drug-likeness (QED) is 0.924. The summed E-state index contributed by atoms with van der Waals surface area (Å²) in [5.74, 6) is -0.748. The molecule has 1 amide bonds. The Bertz CT molecular complexity index is 635. The van der Waals surface area contributed by atoms with Crippen molar-refractivity contribution in [3.8, 4) is 0 Å². The third-order valence-corrected chi connectivity index (χ3v) is 6.13. The van der Waals surface area contributed by atoms with Gasteiger partial charge in [0.15, 0.2) is 0 Å². The summed E-state index contributed by atoms with van der Waals surface area (Å²) in [6.07, 6.45) is 11.3. The SMILES string of the molecule is O=C(O)[C@@H]1C[C@H]2CCCC[C@@H]2N1C(=O)c1ccn(C2CCCC2)n1. The predicted octanol–water partition coefficient (Wildman–Crippen LogP) is 2.86. The number of amides is 1. The van der Waals surface area contributed by atoms with Crippen LogP contribution in [0, 0.1) is 5.92 Å². The fourth-order valence-electron chi connectivity index (χ4n) is 4.93. The average molecular weight is 331 g/mol. The fourth-order valence-corrected chi connectivity index (χ4v) is 4.93. The molecule has 1 saturated heterocycles. The molecule has 0 aromatic carbocycles. The van der Waals surface area contributed by atoms with Crippen LogP contribution in [0.2, 0.25) is 0 Å². The number of nitrogens with zero attached hydrogens (tertiary/aromatic N) is 3. The van der Waals surface area contributed by atoms with Gasteiger partial charge >= 0.3 is 5.97 Å². The number of carbonyl (C=O) groups is 2. The lowest BCUT2D eigenvalue weighted by Gasteiger charge is -2.32. The summed E-state index contributed by atoms with van der Waals surface area (Å²) in [4.78, 5) is 26.4. The highest BCUT2D eigenvalue weighted by molar-refractivity contribution is 5.95. The Morgan fingerprint density at radius 2 is 1.79 bits per heavy atom. The lowest BCUT2D eigenvalue weighted by Crippen LogP contribution is -2.46. The van der Waals surface area contributed by atoms with Gasteiger partial charge < -0.3 is 10.0 Å². The molecule has 3 fully saturated rings. The van der Waals surface area contributed by atoms with Crippen molar-refractivity contribution in [1.29, 1.82) is 0 Å². The van der Waals surface area contributed by atoms with E-state index in [1.165, 1.54) is 12.8 Å². The third kappa shape index (κ3) is 2.62. The number of rotatable bonds is 3. The summed E-state index contributed by atoms with van der Waals surface area (Å²) in [5.41, 5.74) is 0.402. The number of aliphatic carboxylic acids is 1. The lowest BCUT2D eigenvalue weighted by molar-refractivity contribution is -0.141. The second-order valence-corrected chi connectivity index (χ2v) is 7.53. The second-order valence-electron chi connectivity index (χ2n) is 7.53. The minimum absolute atomic E-state index is 0.0731. The summed E-state index contributed by atoms with van der Waals surface area (Å²) >= 11 is 0. The number of aromatic nitrogens is 2. The first kappa shape index (κ1) is 15.7. The molecule has 2 heterocycles. The molecule has 24 heavy (non-hydrogen) atoms. The number of hydrogen-bond acceptors (Lipinski definition) is 3. The summed E-state index contributed by atoms with van der Waals surface area (Å²) in [5, 5.41) is 14.1. The van der Waals surface area contributed by atoms with Gasteiger partial charge in [-0.15, -0.1) is 0 Å². The van der Waals surface area contributed by atoms with Crippen LogP contribution in [0.3, 0.4) is 0 Å². The highest BCUT2D eigenvalue weighted by Crippen LogP contribution is 2.40. The van der Waals surface area contributed by atoms with Gasteiger partial charge in [0.05, 0.1) is 6.04 Å². The second kappa shape index (κ2) is 6.22. The maximum Gasteiger partial charge on any atom is 0.326 e. The van der Waals surface area contributed by atoms with E-state index >= 15 is 0 Å². The molecule has 130 valence electrons. The summed E-state index contributed by atoms with van der Waals surface area (Å²) in [6.45, 7) is 0. The van der Waals surface area contributed by atoms with Crippen LogP contribution in [0.4, 0.5) is 0 Å². The molecule has 0 bridgehead atoms. The van der Waals surface area contributed by atoms with Crippen molar-refractivity contribution < 1.29 is 14.7 Å². The van der Waals surface area contributed by atoms with Crippen LogP contribution in [-0.2, 0) is 4.79 Å². The molecule has 1 aromatic rings. The first-order valence-electron chi connectivity index (χ1n) is 9.26. The first-order chi connectivity index (χ1) is 11.6. The van der Waals surface area contributed by atoms with E-state index in [9.17, 15) is 14.7 Å². The van der Waals surface area contributed by atoms with Gasteiger partial charge in [0.1, 0.15) is 11.7 Å². The molecule has 2 saturated carbocycles. The Morgan fingerprint density at radius 1 is 1.08 bits per heavy atom. The van der Waals surface area contributed by atoms with Gasteiger partial charge in [0, 0.05) is 12.2 Å². The highest BCUT2D eigenvalue weighted by Gasteiger charge is 2.48. The van der Waals surface area contributed by atoms with Crippen molar-refractivity contribution in [1.82, 2.24) is 14.7 Å². The van der Waals surface area contributed by atoms with E-state index in [2.05, 4.69) is 5.10 Å². The van der Waals surface area contributed by atoms with Crippen LogP contribution in [-0.4, -0.2) is 43.7 Å². The number of hydrogen-bond donors (Lipinski definition) is 1. The normalized spacial score (nSPS) is 30.5. The number of fused-ring (bicyclic) bond motifs is 1. The summed E-state index contributed by atoms with van der Waals surface area (Å²) in [6, 6.07) is 1.53. The van der Waals surface area contributed by atoms with E-state index in [0.29, 0.717) is 24.1 Å². The molecular weight excluding hydrogens is 306 g/mol. The van der Waals surface area contributed by atoms with Gasteiger partial charge in [-0.05, 0) is 44.1 Å². The molecule has 1 aliphatic heterocycles. The monoisotopic (exact) mass is 331 g/mol. The Morgan fingerprint density at radius 3 is 2.54 bits per heavy atom. The smallest absolute Gasteiger partial charge is 0.326 e. The average Bonchev–Trinajstić information content (AvgIpc) is 3.31. The van der Waals surface area contributed by atoms with E-state index in [0.717, 1.165) is 38.5 Å². The maximum atomic E-state index is 13.0. The number of carboxylic acids is 1. The first-order valence-corrected chi connectivity index (χ1v) is 9.26. The van der Waals surface area contributed by atoms with Crippen LogP contribution in [0.25, 0.3) is 0 Å². The van der Waals surface area contributed by atoms with Gasteiger partial charge in [0.25, 0.3) is 5.91 Å². The largest absolute Gasteiger partial charge is 0.480 e. The molecule has 6 nitrogen and oxygen atoms in total. The number of carbonyl (C=O) groups excluding carboxylic acids is 1. The Balaban J connectivity index is 1.58. The zero-order valence-corrected chi connectivity index (χ0v) is 13.9. The molecule has 3 atom stereocenters. The molecule has 4 rings (SSSR count). The van der Waals surface area contributed by atoms with Crippen molar-refractivity contribution in [3.63, 3.8) is 0 Å². The van der Waals surface area contributed by atoms with Gasteiger partial charge in [-0.3, -0.25) is 9.48 Å². The molecular formula is C18H25N3O3. The van der Waals surface area contributed by atoms with Crippen molar-refractivity contribution in [2.24, 2.45) is 5.92 Å². The molecule has 2 aliphatic carbocycles. The zero-order chi connectivity index (χ0) is 16.7. The van der Waals surface area contributed by atoms with E-state index in [-0.39, 0.29) is 11.9 Å². The van der Waals surface area contributed by atoms with Crippen LogP contribution >= 0.6 is 0 Å². The number of likely N-dealkylation sites (tertiary alicyclic amines) is 1. The van der Waals surface area contributed by atoms with Gasteiger partial charge in [-0.2, -0.15) is 5.10 Å². The maximum absolute atomic E-state index is 13.0. The molecule has 0 unspecified atom stereocenters. The van der Waals surface area contributed by atoms with Crippen LogP contribution in [0.15, 0.2) is 12.3 Å². The minimum Gasteiger partial charge on any atom is -0.480 e. The van der Waals surface area contributed by atoms with Crippen molar-refractivity contribution in [2.45, 2.75) is 75.9 Å². The van der Waals surface area contributed by atoms with Crippen LogP contribution in [0.5, 0.6) is 0 Å². The Kier molecular flexibility index (Phi) is 4.06. The fraction of sp³-hybridized carbons (Fsp3) is 0.722. The summed E-state index contributed by atoms with van der Waals surface area (Å²) < 4.78 is 1.91. The minimum atomic E-state index is -0.882. The molecule has 1 N–H and O–H groups in total. The van der Waals surface area contributed by atoms with Crippen molar-refractivity contribution in [2.75, 3.05) is 0 Å². The van der Waals surface area contributed by atoms with E-state index in [1.54, 1.807) is 11.0 Å². The van der Waals surface area contributed by atoms with E-state index in [1.807, 2.05) is 10.9 Å². The Hall–Kier alpha value is -1.85. The highest BCUT2D eigenvalue weighted by atomic mass is 16.4. The van der Waals surface area contributed by atoms with Crippen LogP contribution in [0.1, 0.15) is 74.3 Å². The van der Waals surface area contributed by atoms with Crippen LogP contribution < -0.4 is 0 Å². The standard InChI is InChI=1S/C18H25N3O3/c22-17(14-9-10-20(19-14)13-6-2-3-7-13)21-15-8-4-1-5-12(15)11-16(21)18(23)24/h9-10,12-13,15-16H,1-8,11H2,(H,23,24)/t12-,15+,16+/m1/s1. The lowest BCUT2D eigenvalue weighted by atomic mass is 9.84.